The van der Waals surface area contributed by atoms with Crippen LogP contribution in [-0.2, 0) is 0 Å². The molecule has 0 atom stereocenters. The van der Waals surface area contributed by atoms with Crippen molar-refractivity contribution in [3.63, 3.8) is 0 Å². The molecule has 2 aromatic rings. The SMILES string of the molecule is CC1=CC(=N)C=CC1=C(c1ccc(N)cc1C)c1ccc(N)cc1C. The van der Waals surface area contributed by atoms with E-state index in [1.165, 1.54) is 0 Å². The molecule has 0 radical (unpaired) electrons. The van der Waals surface area contributed by atoms with Crippen LogP contribution in [0, 0.1) is 19.3 Å². The molecule has 0 saturated heterocycles. The van der Waals surface area contributed by atoms with Gasteiger partial charge in [0.05, 0.1) is 5.71 Å². The zero-order valence-electron chi connectivity index (χ0n) is 14.9. The molecule has 0 amide bonds. The standard InChI is InChI=1S/C22H23N3/c1-13-10-16(23)4-7-19(13)22(20-8-5-17(24)11-14(20)2)21-9-6-18(25)12-15(21)3/h4-12,23H,24-25H2,1-3H3. The van der Waals surface area contributed by atoms with Gasteiger partial charge in [0.1, 0.15) is 0 Å². The molecule has 5 N–H and O–H groups in total. The van der Waals surface area contributed by atoms with E-state index in [4.69, 9.17) is 16.9 Å². The van der Waals surface area contributed by atoms with Crippen molar-refractivity contribution in [3.05, 3.63) is 88.0 Å². The Morgan fingerprint density at radius 3 is 1.76 bits per heavy atom. The molecule has 3 heteroatoms. The normalized spacial score (nSPS) is 13.8. The first kappa shape index (κ1) is 16.8. The van der Waals surface area contributed by atoms with Gasteiger partial charge in [-0.25, -0.2) is 0 Å². The van der Waals surface area contributed by atoms with E-state index in [0.29, 0.717) is 5.71 Å². The second-order valence-corrected chi connectivity index (χ2v) is 6.55. The smallest absolute Gasteiger partial charge is 0.0542 e. The van der Waals surface area contributed by atoms with Gasteiger partial charge in [0.2, 0.25) is 0 Å². The maximum Gasteiger partial charge on any atom is 0.0542 e. The van der Waals surface area contributed by atoms with E-state index >= 15 is 0 Å². The summed E-state index contributed by atoms with van der Waals surface area (Å²) < 4.78 is 0. The fourth-order valence-corrected chi connectivity index (χ4v) is 3.31. The van der Waals surface area contributed by atoms with Gasteiger partial charge in [0, 0.05) is 11.4 Å². The van der Waals surface area contributed by atoms with E-state index in [1.807, 2.05) is 49.4 Å². The van der Waals surface area contributed by atoms with Crippen molar-refractivity contribution in [1.29, 1.82) is 5.41 Å². The van der Waals surface area contributed by atoms with Crippen molar-refractivity contribution in [2.75, 3.05) is 11.5 Å². The molecule has 0 heterocycles. The average Bonchev–Trinajstić information content (AvgIpc) is 2.52. The summed E-state index contributed by atoms with van der Waals surface area (Å²) in [7, 11) is 0. The van der Waals surface area contributed by atoms with Crippen molar-refractivity contribution in [1.82, 2.24) is 0 Å². The Balaban J connectivity index is 2.35. The van der Waals surface area contributed by atoms with Gasteiger partial charge < -0.3 is 16.9 Å². The zero-order valence-corrected chi connectivity index (χ0v) is 14.9. The minimum Gasteiger partial charge on any atom is -0.399 e. The first-order valence-electron chi connectivity index (χ1n) is 8.29. The first-order chi connectivity index (χ1) is 11.9. The second kappa shape index (κ2) is 6.44. The van der Waals surface area contributed by atoms with Crippen LogP contribution >= 0.6 is 0 Å². The van der Waals surface area contributed by atoms with Crippen LogP contribution in [0.3, 0.4) is 0 Å². The Morgan fingerprint density at radius 2 is 1.32 bits per heavy atom. The lowest BCUT2D eigenvalue weighted by molar-refractivity contribution is 1.33. The summed E-state index contributed by atoms with van der Waals surface area (Å²) in [5.41, 5.74) is 21.8. The van der Waals surface area contributed by atoms with Crippen LogP contribution in [0.1, 0.15) is 29.2 Å². The van der Waals surface area contributed by atoms with Gasteiger partial charge in [-0.1, -0.05) is 18.2 Å². The van der Waals surface area contributed by atoms with E-state index < -0.39 is 0 Å². The molecule has 25 heavy (non-hydrogen) atoms. The predicted molar refractivity (Wildman–Crippen MR) is 108 cm³/mol. The van der Waals surface area contributed by atoms with E-state index in [-0.39, 0.29) is 0 Å². The van der Waals surface area contributed by atoms with E-state index in [2.05, 4.69) is 26.0 Å². The molecular formula is C22H23N3. The number of aryl methyl sites for hydroxylation is 2. The van der Waals surface area contributed by atoms with Gasteiger partial charge in [0.25, 0.3) is 0 Å². The highest BCUT2D eigenvalue weighted by Gasteiger charge is 2.17. The summed E-state index contributed by atoms with van der Waals surface area (Å²) >= 11 is 0. The quantitative estimate of drug-likeness (QED) is 0.692. The lowest BCUT2D eigenvalue weighted by Crippen LogP contribution is -2.04. The van der Waals surface area contributed by atoms with Gasteiger partial charge in [-0.2, -0.15) is 0 Å². The van der Waals surface area contributed by atoms with Crippen LogP contribution < -0.4 is 11.5 Å². The molecule has 2 aromatic carbocycles. The highest BCUT2D eigenvalue weighted by atomic mass is 14.5. The van der Waals surface area contributed by atoms with Crippen LogP contribution in [-0.4, -0.2) is 5.71 Å². The summed E-state index contributed by atoms with van der Waals surface area (Å²) in [5.74, 6) is 0. The topological polar surface area (TPSA) is 75.9 Å². The van der Waals surface area contributed by atoms with Crippen molar-refractivity contribution in [2.45, 2.75) is 20.8 Å². The highest BCUT2D eigenvalue weighted by Crippen LogP contribution is 2.36. The van der Waals surface area contributed by atoms with Crippen LogP contribution in [0.15, 0.2) is 65.8 Å². The molecule has 3 nitrogen and oxygen atoms in total. The Hall–Kier alpha value is -3.07. The molecule has 126 valence electrons. The van der Waals surface area contributed by atoms with Crippen LogP contribution in [0.4, 0.5) is 11.4 Å². The molecule has 1 aliphatic rings. The lowest BCUT2D eigenvalue weighted by atomic mass is 9.84. The number of rotatable bonds is 2. The number of benzene rings is 2. The maximum atomic E-state index is 7.88. The van der Waals surface area contributed by atoms with E-state index in [0.717, 1.165) is 50.3 Å². The average molecular weight is 329 g/mol. The van der Waals surface area contributed by atoms with Crippen molar-refractivity contribution >= 4 is 22.7 Å². The van der Waals surface area contributed by atoms with E-state index in [1.54, 1.807) is 0 Å². The lowest BCUT2D eigenvalue weighted by Gasteiger charge is -2.20. The summed E-state index contributed by atoms with van der Waals surface area (Å²) in [6, 6.07) is 12.0. The summed E-state index contributed by atoms with van der Waals surface area (Å²) in [6.07, 6.45) is 5.76. The Bertz CT molecular complexity index is 906. The fourth-order valence-electron chi connectivity index (χ4n) is 3.31. The molecule has 0 fully saturated rings. The number of hydrogen-bond donors (Lipinski definition) is 3. The maximum absolute atomic E-state index is 7.88. The summed E-state index contributed by atoms with van der Waals surface area (Å²) in [5, 5.41) is 7.88. The first-order valence-corrected chi connectivity index (χ1v) is 8.29. The number of nitrogen functional groups attached to an aromatic ring is 2. The third-order valence-electron chi connectivity index (χ3n) is 4.54. The van der Waals surface area contributed by atoms with Gasteiger partial charge >= 0.3 is 0 Å². The molecule has 0 unspecified atom stereocenters. The molecular weight excluding hydrogens is 306 g/mol. The predicted octanol–water partition coefficient (Wildman–Crippen LogP) is 4.81. The van der Waals surface area contributed by atoms with Crippen LogP contribution in [0.5, 0.6) is 0 Å². The number of anilines is 2. The molecule has 0 bridgehead atoms. The third kappa shape index (κ3) is 3.26. The molecule has 0 saturated carbocycles. The summed E-state index contributed by atoms with van der Waals surface area (Å²) in [4.78, 5) is 0. The Kier molecular flexibility index (Phi) is 4.32. The number of allylic oxidation sites excluding steroid dienone is 5. The second-order valence-electron chi connectivity index (χ2n) is 6.55. The molecule has 0 spiro atoms. The number of nitrogens with two attached hydrogens (primary N) is 2. The largest absolute Gasteiger partial charge is 0.399 e. The van der Waals surface area contributed by atoms with E-state index in [9.17, 15) is 0 Å². The monoisotopic (exact) mass is 329 g/mol. The fraction of sp³-hybridized carbons (Fsp3) is 0.136. The Morgan fingerprint density at radius 1 is 0.800 bits per heavy atom. The number of hydrogen-bond acceptors (Lipinski definition) is 3. The minimum atomic E-state index is 0.517. The molecule has 0 aliphatic heterocycles. The van der Waals surface area contributed by atoms with Crippen LogP contribution in [0.25, 0.3) is 5.57 Å². The van der Waals surface area contributed by atoms with Crippen molar-refractivity contribution in [3.8, 4) is 0 Å². The van der Waals surface area contributed by atoms with Crippen molar-refractivity contribution < 1.29 is 0 Å². The minimum absolute atomic E-state index is 0.517. The zero-order chi connectivity index (χ0) is 18.1. The van der Waals surface area contributed by atoms with Gasteiger partial charge in [-0.05, 0) is 96.2 Å². The molecule has 0 aromatic heterocycles. The number of nitrogens with one attached hydrogen (secondary N) is 1. The summed E-state index contributed by atoms with van der Waals surface area (Å²) in [6.45, 7) is 6.20. The Labute approximate surface area is 148 Å². The van der Waals surface area contributed by atoms with Gasteiger partial charge in [0.15, 0.2) is 0 Å². The molecule has 1 aliphatic carbocycles. The van der Waals surface area contributed by atoms with Crippen molar-refractivity contribution in [2.24, 2.45) is 0 Å². The van der Waals surface area contributed by atoms with Crippen LogP contribution in [0.2, 0.25) is 0 Å². The van der Waals surface area contributed by atoms with Gasteiger partial charge in [-0.3, -0.25) is 0 Å². The van der Waals surface area contributed by atoms with Gasteiger partial charge in [-0.15, -0.1) is 0 Å². The third-order valence-corrected chi connectivity index (χ3v) is 4.54. The molecule has 3 rings (SSSR count). The highest BCUT2D eigenvalue weighted by molar-refractivity contribution is 6.06.